The third-order valence-electron chi connectivity index (χ3n) is 8.29. The summed E-state index contributed by atoms with van der Waals surface area (Å²) in [5, 5.41) is 0. The number of hydrogen-bond donors (Lipinski definition) is 0. The van der Waals surface area contributed by atoms with E-state index in [4.69, 9.17) is 4.74 Å². The number of aromatic nitrogens is 1. The number of hydrogen-bond acceptors (Lipinski definition) is 2. The van der Waals surface area contributed by atoms with Gasteiger partial charge in [0.05, 0.1) is 5.92 Å². The largest absolute Gasteiger partial charge is 0.439 e. The summed E-state index contributed by atoms with van der Waals surface area (Å²) in [4.78, 5) is 4.17. The van der Waals surface area contributed by atoms with Gasteiger partial charge in [0.25, 0.3) is 0 Å². The van der Waals surface area contributed by atoms with Gasteiger partial charge in [-0.1, -0.05) is 18.2 Å². The summed E-state index contributed by atoms with van der Waals surface area (Å²) in [5.41, 5.74) is 2.02. The zero-order valence-corrected chi connectivity index (χ0v) is 17.6. The Labute approximate surface area is 181 Å². The van der Waals surface area contributed by atoms with Gasteiger partial charge in [0.1, 0.15) is 5.75 Å². The van der Waals surface area contributed by atoms with Crippen LogP contribution in [0.5, 0.6) is 11.6 Å². The first kappa shape index (κ1) is 19.6. The second-order valence-electron chi connectivity index (χ2n) is 10.6. The third-order valence-corrected chi connectivity index (χ3v) is 8.29. The molecule has 164 valence electrons. The summed E-state index contributed by atoms with van der Waals surface area (Å²) in [6, 6.07) is 11.5. The lowest BCUT2D eigenvalue weighted by Crippen LogP contribution is -2.48. The normalized spacial score (nSPS) is 32.8. The van der Waals surface area contributed by atoms with E-state index >= 15 is 0 Å². The van der Waals surface area contributed by atoms with Gasteiger partial charge in [0, 0.05) is 12.3 Å². The maximum absolute atomic E-state index is 13.4. The average Bonchev–Trinajstić information content (AvgIpc) is 3.53. The van der Waals surface area contributed by atoms with E-state index in [1.54, 1.807) is 6.07 Å². The Morgan fingerprint density at radius 2 is 1.48 bits per heavy atom. The first-order chi connectivity index (χ1) is 14.9. The molecule has 0 radical (unpaired) electrons. The molecule has 5 fully saturated rings. The summed E-state index contributed by atoms with van der Waals surface area (Å²) < 4.78 is 46.0. The van der Waals surface area contributed by atoms with E-state index in [1.165, 1.54) is 56.4 Å². The van der Waals surface area contributed by atoms with Crippen molar-refractivity contribution in [2.24, 2.45) is 23.7 Å². The first-order valence-corrected chi connectivity index (χ1v) is 11.7. The molecule has 5 heteroatoms. The molecule has 0 spiro atoms. The molecule has 2 nitrogen and oxygen atoms in total. The fourth-order valence-corrected chi connectivity index (χ4v) is 7.26. The monoisotopic (exact) mass is 427 g/mol. The van der Waals surface area contributed by atoms with Gasteiger partial charge in [0.15, 0.2) is 0 Å². The lowest BCUT2D eigenvalue weighted by atomic mass is 9.48. The highest BCUT2D eigenvalue weighted by molar-refractivity contribution is 5.36. The lowest BCUT2D eigenvalue weighted by Gasteiger charge is -2.57. The van der Waals surface area contributed by atoms with Crippen LogP contribution in [0.1, 0.15) is 68.4 Å². The van der Waals surface area contributed by atoms with Crippen LogP contribution in [0.25, 0.3) is 0 Å². The molecule has 5 aliphatic carbocycles. The zero-order valence-electron chi connectivity index (χ0n) is 17.6. The first-order valence-electron chi connectivity index (χ1n) is 11.7. The maximum Gasteiger partial charge on any atom is 0.396 e. The predicted octanol–water partition coefficient (Wildman–Crippen LogP) is 7.40. The summed E-state index contributed by atoms with van der Waals surface area (Å²) in [5.74, 6) is 2.02. The van der Waals surface area contributed by atoms with Crippen LogP contribution in [0, 0.1) is 23.7 Å². The Kier molecular flexibility index (Phi) is 4.42. The smallest absolute Gasteiger partial charge is 0.396 e. The maximum atomic E-state index is 13.4. The van der Waals surface area contributed by atoms with Crippen molar-refractivity contribution in [2.45, 2.75) is 68.9 Å². The highest BCUT2D eigenvalue weighted by Crippen LogP contribution is 2.60. The van der Waals surface area contributed by atoms with Gasteiger partial charge < -0.3 is 4.74 Å². The van der Waals surface area contributed by atoms with Crippen LogP contribution >= 0.6 is 0 Å². The Balaban J connectivity index is 1.16. The number of alkyl halides is 3. The molecule has 0 saturated heterocycles. The van der Waals surface area contributed by atoms with E-state index in [1.807, 2.05) is 12.1 Å². The molecule has 4 bridgehead atoms. The van der Waals surface area contributed by atoms with Crippen LogP contribution < -0.4 is 4.74 Å². The Hall–Kier alpha value is -2.04. The van der Waals surface area contributed by atoms with Crippen LogP contribution in [-0.4, -0.2) is 11.2 Å². The summed E-state index contributed by atoms with van der Waals surface area (Å²) in [7, 11) is 0. The molecule has 1 aromatic carbocycles. The van der Waals surface area contributed by atoms with Crippen LogP contribution in [0.15, 0.2) is 42.6 Å². The molecular formula is C26H28F3NO. The number of ether oxygens (including phenoxy) is 1. The zero-order chi connectivity index (χ0) is 21.2. The molecule has 1 aromatic heterocycles. The van der Waals surface area contributed by atoms with E-state index in [0.29, 0.717) is 29.9 Å². The van der Waals surface area contributed by atoms with E-state index in [9.17, 15) is 13.2 Å². The molecule has 1 unspecified atom stereocenters. The van der Waals surface area contributed by atoms with Crippen molar-refractivity contribution < 1.29 is 17.9 Å². The molecule has 1 atom stereocenters. The van der Waals surface area contributed by atoms with Crippen LogP contribution in [0.3, 0.4) is 0 Å². The number of benzene rings is 1. The van der Waals surface area contributed by atoms with Crippen molar-refractivity contribution >= 4 is 0 Å². The van der Waals surface area contributed by atoms with E-state index in [0.717, 1.165) is 17.8 Å². The highest BCUT2D eigenvalue weighted by atomic mass is 19.4. The summed E-state index contributed by atoms with van der Waals surface area (Å²) in [6.45, 7) is 0. The Morgan fingerprint density at radius 1 is 0.871 bits per heavy atom. The summed E-state index contributed by atoms with van der Waals surface area (Å²) in [6.07, 6.45) is 6.63. The van der Waals surface area contributed by atoms with Crippen molar-refractivity contribution in [3.8, 4) is 11.6 Å². The minimum Gasteiger partial charge on any atom is -0.439 e. The minimum absolute atomic E-state index is 0.236. The molecule has 0 N–H and O–H groups in total. The molecule has 0 amide bonds. The fraction of sp³-hybridized carbons (Fsp3) is 0.577. The molecular weight excluding hydrogens is 399 g/mol. The van der Waals surface area contributed by atoms with Crippen LogP contribution in [-0.2, 0) is 5.41 Å². The summed E-state index contributed by atoms with van der Waals surface area (Å²) >= 11 is 0. The van der Waals surface area contributed by atoms with Crippen molar-refractivity contribution in [3.05, 3.63) is 53.7 Å². The number of rotatable bonds is 5. The lowest BCUT2D eigenvalue weighted by molar-refractivity contribution is -0.155. The highest BCUT2D eigenvalue weighted by Gasteiger charge is 2.51. The number of nitrogens with zero attached hydrogens (tertiary/aromatic N) is 1. The molecule has 5 saturated carbocycles. The molecule has 2 aromatic rings. The van der Waals surface area contributed by atoms with Crippen molar-refractivity contribution in [1.29, 1.82) is 0 Å². The molecule has 5 aliphatic rings. The van der Waals surface area contributed by atoms with E-state index in [-0.39, 0.29) is 11.5 Å². The second-order valence-corrected chi connectivity index (χ2v) is 10.6. The quantitative estimate of drug-likeness (QED) is 0.496. The number of pyridine rings is 1. The fourth-order valence-electron chi connectivity index (χ4n) is 7.26. The van der Waals surface area contributed by atoms with Crippen molar-refractivity contribution in [2.75, 3.05) is 0 Å². The van der Waals surface area contributed by atoms with Gasteiger partial charge in [-0.15, -0.1) is 0 Å². The average molecular weight is 428 g/mol. The standard InChI is InChI=1S/C26H28F3NO/c27-26(28,29)24(19-1-2-19)20-3-8-23(30-15-20)31-22-6-4-21(5-7-22)25-12-16-9-17(13-25)11-18(10-16)14-25/h3-8,15-19,24H,1-2,9-14H2. The Bertz CT molecular complexity index is 911. The van der Waals surface area contributed by atoms with Gasteiger partial charge >= 0.3 is 6.18 Å². The molecule has 31 heavy (non-hydrogen) atoms. The van der Waals surface area contributed by atoms with Gasteiger partial charge in [0.2, 0.25) is 5.88 Å². The van der Waals surface area contributed by atoms with Crippen molar-refractivity contribution in [1.82, 2.24) is 4.98 Å². The van der Waals surface area contributed by atoms with E-state index in [2.05, 4.69) is 17.1 Å². The molecule has 7 rings (SSSR count). The van der Waals surface area contributed by atoms with Crippen LogP contribution in [0.2, 0.25) is 0 Å². The van der Waals surface area contributed by atoms with Crippen molar-refractivity contribution in [3.63, 3.8) is 0 Å². The SMILES string of the molecule is FC(F)(F)C(c1ccc(Oc2ccc(C34CC5CC(CC(C5)C3)C4)cc2)nc1)C1CC1. The molecule has 0 aliphatic heterocycles. The topological polar surface area (TPSA) is 22.1 Å². The van der Waals surface area contributed by atoms with Gasteiger partial charge in [-0.2, -0.15) is 13.2 Å². The Morgan fingerprint density at radius 3 is 1.97 bits per heavy atom. The van der Waals surface area contributed by atoms with E-state index < -0.39 is 12.1 Å². The molecule has 1 heterocycles. The third kappa shape index (κ3) is 3.64. The number of halogens is 3. The predicted molar refractivity (Wildman–Crippen MR) is 112 cm³/mol. The van der Waals surface area contributed by atoms with Crippen LogP contribution in [0.4, 0.5) is 13.2 Å². The minimum atomic E-state index is -4.22. The van der Waals surface area contributed by atoms with Gasteiger partial charge in [-0.05, 0) is 104 Å². The second kappa shape index (κ2) is 6.98. The van der Waals surface area contributed by atoms with Gasteiger partial charge in [-0.3, -0.25) is 0 Å². The van der Waals surface area contributed by atoms with Gasteiger partial charge in [-0.25, -0.2) is 4.98 Å².